The number of thiazole rings is 1. The number of aromatic nitrogens is 2. The summed E-state index contributed by atoms with van der Waals surface area (Å²) < 4.78 is 1.20. The lowest BCUT2D eigenvalue weighted by Crippen LogP contribution is -1.90. The Kier molecular flexibility index (Phi) is 2.82. The van der Waals surface area contributed by atoms with Crippen molar-refractivity contribution in [2.45, 2.75) is 6.92 Å². The SMILES string of the molecule is Cc1ccc2sc(Nc3cccc4ccncc34)nc2c1. The van der Waals surface area contributed by atoms with Crippen LogP contribution in [0, 0.1) is 6.92 Å². The molecular weight excluding hydrogens is 278 g/mol. The van der Waals surface area contributed by atoms with Crippen LogP contribution in [0.5, 0.6) is 0 Å². The number of rotatable bonds is 2. The van der Waals surface area contributed by atoms with Crippen molar-refractivity contribution >= 4 is 43.1 Å². The lowest BCUT2D eigenvalue weighted by Gasteiger charge is -2.06. The molecule has 0 bridgehead atoms. The quantitative estimate of drug-likeness (QED) is 0.571. The Labute approximate surface area is 126 Å². The summed E-state index contributed by atoms with van der Waals surface area (Å²) in [4.78, 5) is 8.88. The maximum atomic E-state index is 4.66. The molecule has 102 valence electrons. The first-order valence-corrected chi connectivity index (χ1v) is 7.58. The molecule has 4 rings (SSSR count). The number of nitrogens with zero attached hydrogens (tertiary/aromatic N) is 2. The van der Waals surface area contributed by atoms with E-state index in [1.165, 1.54) is 15.6 Å². The van der Waals surface area contributed by atoms with E-state index in [0.717, 1.165) is 21.7 Å². The van der Waals surface area contributed by atoms with Crippen LogP contribution in [0.1, 0.15) is 5.56 Å². The van der Waals surface area contributed by atoms with Crippen LogP contribution < -0.4 is 5.32 Å². The molecule has 1 N–H and O–H groups in total. The Bertz CT molecular complexity index is 938. The fourth-order valence-corrected chi connectivity index (χ4v) is 3.29. The van der Waals surface area contributed by atoms with Crippen molar-refractivity contribution in [3.63, 3.8) is 0 Å². The fraction of sp³-hybridized carbons (Fsp3) is 0.0588. The third-order valence-electron chi connectivity index (χ3n) is 3.47. The predicted octanol–water partition coefficient (Wildman–Crippen LogP) is 4.90. The molecule has 0 saturated heterocycles. The second-order valence-corrected chi connectivity index (χ2v) is 6.05. The number of benzene rings is 2. The van der Waals surface area contributed by atoms with Gasteiger partial charge in [-0.3, -0.25) is 4.98 Å². The van der Waals surface area contributed by atoms with E-state index < -0.39 is 0 Å². The van der Waals surface area contributed by atoms with Gasteiger partial charge in [-0.1, -0.05) is 29.5 Å². The van der Waals surface area contributed by atoms with E-state index in [4.69, 9.17) is 0 Å². The van der Waals surface area contributed by atoms with Crippen molar-refractivity contribution in [3.05, 3.63) is 60.4 Å². The molecule has 0 aliphatic rings. The largest absolute Gasteiger partial charge is 0.331 e. The molecular formula is C17H13N3S. The van der Waals surface area contributed by atoms with Crippen LogP contribution in [0.4, 0.5) is 10.8 Å². The fourth-order valence-electron chi connectivity index (χ4n) is 2.43. The Morgan fingerprint density at radius 2 is 2.05 bits per heavy atom. The summed E-state index contributed by atoms with van der Waals surface area (Å²) in [5.41, 5.74) is 3.31. The van der Waals surface area contributed by atoms with Gasteiger partial charge in [-0.2, -0.15) is 0 Å². The molecule has 21 heavy (non-hydrogen) atoms. The summed E-state index contributed by atoms with van der Waals surface area (Å²) in [5, 5.41) is 6.61. The molecule has 4 aromatic rings. The van der Waals surface area contributed by atoms with Gasteiger partial charge in [-0.15, -0.1) is 0 Å². The van der Waals surface area contributed by atoms with Gasteiger partial charge in [-0.05, 0) is 42.1 Å². The van der Waals surface area contributed by atoms with E-state index in [2.05, 4.69) is 52.5 Å². The molecule has 3 nitrogen and oxygen atoms in total. The van der Waals surface area contributed by atoms with Crippen LogP contribution in [-0.4, -0.2) is 9.97 Å². The van der Waals surface area contributed by atoms with Gasteiger partial charge in [-0.25, -0.2) is 4.98 Å². The molecule has 0 amide bonds. The van der Waals surface area contributed by atoms with E-state index in [-0.39, 0.29) is 0 Å². The van der Waals surface area contributed by atoms with Crippen molar-refractivity contribution in [3.8, 4) is 0 Å². The summed E-state index contributed by atoms with van der Waals surface area (Å²) >= 11 is 1.67. The van der Waals surface area contributed by atoms with Gasteiger partial charge in [0.25, 0.3) is 0 Å². The number of anilines is 2. The standard InChI is InChI=1S/C17H13N3S/c1-11-5-6-16-15(9-11)20-17(21-16)19-14-4-2-3-12-7-8-18-10-13(12)14/h2-10H,1H3,(H,19,20). The highest BCUT2D eigenvalue weighted by atomic mass is 32.1. The third-order valence-corrected chi connectivity index (χ3v) is 4.42. The van der Waals surface area contributed by atoms with Crippen molar-refractivity contribution in [1.29, 1.82) is 0 Å². The minimum absolute atomic E-state index is 0.909. The van der Waals surface area contributed by atoms with Gasteiger partial charge in [0.1, 0.15) is 0 Å². The Balaban J connectivity index is 1.79. The van der Waals surface area contributed by atoms with Gasteiger partial charge in [0.05, 0.1) is 10.2 Å². The first-order chi connectivity index (χ1) is 10.3. The molecule has 0 saturated carbocycles. The second-order valence-electron chi connectivity index (χ2n) is 5.02. The van der Waals surface area contributed by atoms with Crippen LogP contribution >= 0.6 is 11.3 Å². The van der Waals surface area contributed by atoms with E-state index >= 15 is 0 Å². The summed E-state index contributed by atoms with van der Waals surface area (Å²) in [6.07, 6.45) is 3.70. The number of nitrogens with one attached hydrogen (secondary N) is 1. The topological polar surface area (TPSA) is 37.8 Å². The molecule has 0 aliphatic carbocycles. The monoisotopic (exact) mass is 291 g/mol. The van der Waals surface area contributed by atoms with Gasteiger partial charge in [0.2, 0.25) is 0 Å². The van der Waals surface area contributed by atoms with Gasteiger partial charge in [0, 0.05) is 23.5 Å². The molecule has 2 aromatic carbocycles. The first kappa shape index (κ1) is 12.3. The van der Waals surface area contributed by atoms with Gasteiger partial charge in [0.15, 0.2) is 5.13 Å². The van der Waals surface area contributed by atoms with Crippen LogP contribution in [0.25, 0.3) is 21.0 Å². The van der Waals surface area contributed by atoms with Crippen molar-refractivity contribution < 1.29 is 0 Å². The summed E-state index contributed by atoms with van der Waals surface area (Å²) in [5.74, 6) is 0. The highest BCUT2D eigenvalue weighted by molar-refractivity contribution is 7.22. The smallest absolute Gasteiger partial charge is 0.188 e. The molecule has 0 unspecified atom stereocenters. The molecule has 4 heteroatoms. The Morgan fingerprint density at radius 1 is 1.10 bits per heavy atom. The highest BCUT2D eigenvalue weighted by Crippen LogP contribution is 2.31. The summed E-state index contributed by atoms with van der Waals surface area (Å²) in [6, 6.07) is 14.6. The number of hydrogen-bond donors (Lipinski definition) is 1. The van der Waals surface area contributed by atoms with E-state index in [0.29, 0.717) is 0 Å². The molecule has 0 aliphatic heterocycles. The van der Waals surface area contributed by atoms with Gasteiger partial charge < -0.3 is 5.32 Å². The van der Waals surface area contributed by atoms with Crippen LogP contribution in [0.2, 0.25) is 0 Å². The molecule has 0 fully saturated rings. The zero-order valence-corrected chi connectivity index (χ0v) is 12.3. The van der Waals surface area contributed by atoms with E-state index in [1.54, 1.807) is 11.3 Å². The van der Waals surface area contributed by atoms with E-state index in [1.807, 2.05) is 24.5 Å². The summed E-state index contributed by atoms with van der Waals surface area (Å²) in [7, 11) is 0. The molecule has 2 aromatic heterocycles. The number of aryl methyl sites for hydroxylation is 1. The number of fused-ring (bicyclic) bond motifs is 2. The van der Waals surface area contributed by atoms with Crippen molar-refractivity contribution in [2.24, 2.45) is 0 Å². The molecule has 0 atom stereocenters. The second kappa shape index (κ2) is 4.82. The minimum Gasteiger partial charge on any atom is -0.331 e. The lowest BCUT2D eigenvalue weighted by atomic mass is 10.1. The Hall–Kier alpha value is -2.46. The highest BCUT2D eigenvalue weighted by Gasteiger charge is 2.06. The van der Waals surface area contributed by atoms with Gasteiger partial charge >= 0.3 is 0 Å². The number of pyridine rings is 1. The molecule has 0 radical (unpaired) electrons. The third kappa shape index (κ3) is 2.23. The van der Waals surface area contributed by atoms with Crippen molar-refractivity contribution in [2.75, 3.05) is 5.32 Å². The summed E-state index contributed by atoms with van der Waals surface area (Å²) in [6.45, 7) is 2.09. The maximum Gasteiger partial charge on any atom is 0.188 e. The van der Waals surface area contributed by atoms with E-state index in [9.17, 15) is 0 Å². The van der Waals surface area contributed by atoms with Crippen LogP contribution in [0.3, 0.4) is 0 Å². The zero-order valence-electron chi connectivity index (χ0n) is 11.5. The van der Waals surface area contributed by atoms with Crippen molar-refractivity contribution in [1.82, 2.24) is 9.97 Å². The lowest BCUT2D eigenvalue weighted by molar-refractivity contribution is 1.36. The molecule has 2 heterocycles. The molecule has 0 spiro atoms. The normalized spacial score (nSPS) is 11.1. The first-order valence-electron chi connectivity index (χ1n) is 6.76. The average molecular weight is 291 g/mol. The minimum atomic E-state index is 0.909. The average Bonchev–Trinajstić information content (AvgIpc) is 2.89. The van der Waals surface area contributed by atoms with Crippen LogP contribution in [0.15, 0.2) is 54.9 Å². The predicted molar refractivity (Wildman–Crippen MR) is 89.4 cm³/mol. The zero-order chi connectivity index (χ0) is 14.2. The van der Waals surface area contributed by atoms with Crippen LogP contribution in [-0.2, 0) is 0 Å². The Morgan fingerprint density at radius 3 is 3.00 bits per heavy atom. The number of hydrogen-bond acceptors (Lipinski definition) is 4. The maximum absolute atomic E-state index is 4.66.